The second-order valence-corrected chi connectivity index (χ2v) is 4.66. The van der Waals surface area contributed by atoms with Gasteiger partial charge in [-0.05, 0) is 37.9 Å². The highest BCUT2D eigenvalue weighted by molar-refractivity contribution is 5.76. The SMILES string of the molecule is CCc1ccc(CCC(=O)NCC(C)NC)cc1. The second kappa shape index (κ2) is 7.88. The molecule has 18 heavy (non-hydrogen) atoms. The molecule has 0 saturated carbocycles. The zero-order chi connectivity index (χ0) is 13.4. The number of benzene rings is 1. The van der Waals surface area contributed by atoms with E-state index in [9.17, 15) is 4.79 Å². The average Bonchev–Trinajstić information content (AvgIpc) is 2.42. The van der Waals surface area contributed by atoms with E-state index in [0.717, 1.165) is 12.8 Å². The Kier molecular flexibility index (Phi) is 6.44. The molecule has 0 saturated heterocycles. The molecule has 1 aromatic carbocycles. The first-order valence-corrected chi connectivity index (χ1v) is 6.67. The second-order valence-electron chi connectivity index (χ2n) is 4.66. The van der Waals surface area contributed by atoms with Crippen molar-refractivity contribution >= 4 is 5.91 Å². The zero-order valence-electron chi connectivity index (χ0n) is 11.6. The molecule has 1 unspecified atom stereocenters. The van der Waals surface area contributed by atoms with Gasteiger partial charge in [-0.25, -0.2) is 0 Å². The summed E-state index contributed by atoms with van der Waals surface area (Å²) in [5.74, 6) is 0.122. The maximum absolute atomic E-state index is 11.6. The summed E-state index contributed by atoms with van der Waals surface area (Å²) in [4.78, 5) is 11.6. The molecule has 0 aromatic heterocycles. The smallest absolute Gasteiger partial charge is 0.220 e. The number of amides is 1. The van der Waals surface area contributed by atoms with E-state index in [-0.39, 0.29) is 5.91 Å². The van der Waals surface area contributed by atoms with Crippen LogP contribution in [0.25, 0.3) is 0 Å². The molecule has 3 heteroatoms. The van der Waals surface area contributed by atoms with E-state index in [1.54, 1.807) is 0 Å². The number of carbonyl (C=O) groups is 1. The highest BCUT2D eigenvalue weighted by Crippen LogP contribution is 2.07. The summed E-state index contributed by atoms with van der Waals surface area (Å²) in [6.45, 7) is 4.87. The van der Waals surface area contributed by atoms with Crippen molar-refractivity contribution < 1.29 is 4.79 Å². The summed E-state index contributed by atoms with van der Waals surface area (Å²) in [6, 6.07) is 8.81. The third-order valence-corrected chi connectivity index (χ3v) is 3.17. The van der Waals surface area contributed by atoms with Crippen molar-refractivity contribution in [2.24, 2.45) is 0 Å². The van der Waals surface area contributed by atoms with E-state index in [1.807, 2.05) is 14.0 Å². The van der Waals surface area contributed by atoms with Gasteiger partial charge in [-0.2, -0.15) is 0 Å². The van der Waals surface area contributed by atoms with Crippen LogP contribution in [0.4, 0.5) is 0 Å². The highest BCUT2D eigenvalue weighted by Gasteiger charge is 2.04. The third-order valence-electron chi connectivity index (χ3n) is 3.17. The number of carbonyl (C=O) groups excluding carboxylic acids is 1. The lowest BCUT2D eigenvalue weighted by Crippen LogP contribution is -2.37. The first kappa shape index (κ1) is 14.7. The van der Waals surface area contributed by atoms with Gasteiger partial charge in [0.25, 0.3) is 0 Å². The Bertz CT molecular complexity index is 359. The summed E-state index contributed by atoms with van der Waals surface area (Å²) in [6.07, 6.45) is 2.42. The molecule has 0 aliphatic rings. The minimum Gasteiger partial charge on any atom is -0.355 e. The van der Waals surface area contributed by atoms with Crippen LogP contribution in [0, 0.1) is 0 Å². The number of hydrogen-bond acceptors (Lipinski definition) is 2. The number of hydrogen-bond donors (Lipinski definition) is 2. The quantitative estimate of drug-likeness (QED) is 0.774. The van der Waals surface area contributed by atoms with Crippen LogP contribution in [0.3, 0.4) is 0 Å². The van der Waals surface area contributed by atoms with E-state index in [0.29, 0.717) is 19.0 Å². The summed E-state index contributed by atoms with van der Waals surface area (Å²) >= 11 is 0. The molecule has 0 bridgehead atoms. The molecule has 2 N–H and O–H groups in total. The molecular weight excluding hydrogens is 224 g/mol. The summed E-state index contributed by atoms with van der Waals surface area (Å²) in [5.41, 5.74) is 2.56. The Hall–Kier alpha value is -1.35. The van der Waals surface area contributed by atoms with Gasteiger partial charge < -0.3 is 10.6 Å². The van der Waals surface area contributed by atoms with Gasteiger partial charge in [0.15, 0.2) is 0 Å². The Morgan fingerprint density at radius 1 is 1.22 bits per heavy atom. The fraction of sp³-hybridized carbons (Fsp3) is 0.533. The minimum atomic E-state index is 0.122. The van der Waals surface area contributed by atoms with Crippen LogP contribution in [-0.2, 0) is 17.6 Å². The lowest BCUT2D eigenvalue weighted by Gasteiger charge is -2.11. The van der Waals surface area contributed by atoms with Gasteiger partial charge in [-0.15, -0.1) is 0 Å². The van der Waals surface area contributed by atoms with Crippen LogP contribution in [0.2, 0.25) is 0 Å². The zero-order valence-corrected chi connectivity index (χ0v) is 11.6. The Labute approximate surface area is 110 Å². The monoisotopic (exact) mass is 248 g/mol. The van der Waals surface area contributed by atoms with Crippen LogP contribution in [-0.4, -0.2) is 25.5 Å². The number of rotatable bonds is 7. The van der Waals surface area contributed by atoms with Crippen molar-refractivity contribution in [3.8, 4) is 0 Å². The molecular formula is C15H24N2O. The van der Waals surface area contributed by atoms with E-state index in [4.69, 9.17) is 0 Å². The standard InChI is InChI=1S/C15H24N2O/c1-4-13-5-7-14(8-6-13)9-10-15(18)17-11-12(2)16-3/h5-8,12,16H,4,9-11H2,1-3H3,(H,17,18). The molecule has 3 nitrogen and oxygen atoms in total. The minimum absolute atomic E-state index is 0.122. The van der Waals surface area contributed by atoms with Gasteiger partial charge in [-0.3, -0.25) is 4.79 Å². The van der Waals surface area contributed by atoms with Crippen LogP contribution in [0.1, 0.15) is 31.4 Å². The Morgan fingerprint density at radius 2 is 1.83 bits per heavy atom. The van der Waals surface area contributed by atoms with Crippen molar-refractivity contribution in [2.75, 3.05) is 13.6 Å². The topological polar surface area (TPSA) is 41.1 Å². The third kappa shape index (κ3) is 5.32. The van der Waals surface area contributed by atoms with Gasteiger partial charge in [-0.1, -0.05) is 31.2 Å². The number of nitrogens with one attached hydrogen (secondary N) is 2. The molecule has 0 radical (unpaired) electrons. The van der Waals surface area contributed by atoms with Crippen molar-refractivity contribution in [3.63, 3.8) is 0 Å². The molecule has 0 fully saturated rings. The highest BCUT2D eigenvalue weighted by atomic mass is 16.1. The number of likely N-dealkylation sites (N-methyl/N-ethyl adjacent to an activating group) is 1. The molecule has 1 atom stereocenters. The molecule has 0 heterocycles. The van der Waals surface area contributed by atoms with Gasteiger partial charge >= 0.3 is 0 Å². The maximum Gasteiger partial charge on any atom is 0.220 e. The largest absolute Gasteiger partial charge is 0.355 e. The first-order chi connectivity index (χ1) is 8.65. The lowest BCUT2D eigenvalue weighted by molar-refractivity contribution is -0.121. The normalized spacial score (nSPS) is 12.2. The Morgan fingerprint density at radius 3 is 2.39 bits per heavy atom. The predicted molar refractivity (Wildman–Crippen MR) is 75.7 cm³/mol. The average molecular weight is 248 g/mol. The first-order valence-electron chi connectivity index (χ1n) is 6.67. The number of aryl methyl sites for hydroxylation is 2. The van der Waals surface area contributed by atoms with Crippen molar-refractivity contribution in [1.82, 2.24) is 10.6 Å². The predicted octanol–water partition coefficient (Wildman–Crippen LogP) is 1.91. The summed E-state index contributed by atoms with van der Waals surface area (Å²) in [5, 5.41) is 6.02. The van der Waals surface area contributed by atoms with E-state index < -0.39 is 0 Å². The Balaban J connectivity index is 2.29. The van der Waals surface area contributed by atoms with Gasteiger partial charge in [0.2, 0.25) is 5.91 Å². The van der Waals surface area contributed by atoms with Gasteiger partial charge in [0.1, 0.15) is 0 Å². The van der Waals surface area contributed by atoms with Gasteiger partial charge in [0, 0.05) is 19.0 Å². The van der Waals surface area contributed by atoms with E-state index in [2.05, 4.69) is 41.8 Å². The molecule has 1 amide bonds. The van der Waals surface area contributed by atoms with Crippen molar-refractivity contribution in [2.45, 2.75) is 39.2 Å². The molecule has 0 spiro atoms. The molecule has 0 aliphatic carbocycles. The summed E-state index contributed by atoms with van der Waals surface area (Å²) < 4.78 is 0. The fourth-order valence-corrected chi connectivity index (χ4v) is 1.66. The van der Waals surface area contributed by atoms with E-state index >= 15 is 0 Å². The molecule has 0 aliphatic heterocycles. The molecule has 1 aromatic rings. The lowest BCUT2D eigenvalue weighted by atomic mass is 10.1. The molecule has 1 rings (SSSR count). The maximum atomic E-state index is 11.6. The van der Waals surface area contributed by atoms with E-state index in [1.165, 1.54) is 11.1 Å². The van der Waals surface area contributed by atoms with Gasteiger partial charge in [0.05, 0.1) is 0 Å². The fourth-order valence-electron chi connectivity index (χ4n) is 1.66. The van der Waals surface area contributed by atoms with Crippen LogP contribution in [0.15, 0.2) is 24.3 Å². The summed E-state index contributed by atoms with van der Waals surface area (Å²) in [7, 11) is 1.89. The van der Waals surface area contributed by atoms with Crippen LogP contribution in [0.5, 0.6) is 0 Å². The van der Waals surface area contributed by atoms with Crippen molar-refractivity contribution in [3.05, 3.63) is 35.4 Å². The van der Waals surface area contributed by atoms with Crippen molar-refractivity contribution in [1.29, 1.82) is 0 Å². The molecule has 100 valence electrons. The van der Waals surface area contributed by atoms with Crippen LogP contribution >= 0.6 is 0 Å². The van der Waals surface area contributed by atoms with Crippen LogP contribution < -0.4 is 10.6 Å².